The summed E-state index contributed by atoms with van der Waals surface area (Å²) in [6.45, 7) is 6.75. The first-order valence-electron chi connectivity index (χ1n) is 7.54. The number of aliphatic hydroxyl groups excluding tert-OH is 1. The number of rotatable bonds is 4. The zero-order chi connectivity index (χ0) is 15.4. The molecule has 0 spiro atoms. The minimum atomic E-state index is -0.169. The molecule has 1 aromatic carbocycles. The van der Waals surface area contributed by atoms with Crippen LogP contribution in [0.5, 0.6) is 0 Å². The van der Waals surface area contributed by atoms with Crippen molar-refractivity contribution in [2.45, 2.75) is 39.7 Å². The Morgan fingerprint density at radius 1 is 1.43 bits per heavy atom. The molecule has 3 nitrogen and oxygen atoms in total. The Morgan fingerprint density at radius 2 is 2.14 bits per heavy atom. The predicted octanol–water partition coefficient (Wildman–Crippen LogP) is 2.60. The highest BCUT2D eigenvalue weighted by atomic mass is 16.2. The maximum atomic E-state index is 12.7. The number of nitrogens with zero attached hydrogens (tertiary/aromatic N) is 1. The van der Waals surface area contributed by atoms with Crippen LogP contribution in [0.15, 0.2) is 18.2 Å². The summed E-state index contributed by atoms with van der Waals surface area (Å²) in [5.74, 6) is 6.30. The van der Waals surface area contributed by atoms with Crippen LogP contribution in [0.25, 0.3) is 0 Å². The molecule has 0 heterocycles. The van der Waals surface area contributed by atoms with Gasteiger partial charge < -0.3 is 10.0 Å². The van der Waals surface area contributed by atoms with Gasteiger partial charge in [-0.05, 0) is 57.2 Å². The Bertz CT molecular complexity index is 577. The molecule has 2 rings (SSSR count). The van der Waals surface area contributed by atoms with E-state index in [1.165, 1.54) is 12.8 Å². The van der Waals surface area contributed by atoms with Gasteiger partial charge in [-0.1, -0.05) is 17.9 Å². The van der Waals surface area contributed by atoms with Crippen LogP contribution in [0.2, 0.25) is 0 Å². The highest BCUT2D eigenvalue weighted by Gasteiger charge is 2.28. The lowest BCUT2D eigenvalue weighted by Crippen LogP contribution is -2.38. The fraction of sp³-hybridized carbons (Fsp3) is 0.500. The van der Waals surface area contributed by atoms with Crippen molar-refractivity contribution in [2.75, 3.05) is 13.2 Å². The number of carbonyl (C=O) groups is 1. The summed E-state index contributed by atoms with van der Waals surface area (Å²) in [5.41, 5.74) is 2.51. The summed E-state index contributed by atoms with van der Waals surface area (Å²) in [7, 11) is 0. The van der Waals surface area contributed by atoms with Crippen LogP contribution < -0.4 is 0 Å². The van der Waals surface area contributed by atoms with Crippen LogP contribution in [-0.2, 0) is 0 Å². The van der Waals surface area contributed by atoms with Crippen molar-refractivity contribution < 1.29 is 9.90 Å². The third-order valence-corrected chi connectivity index (χ3v) is 3.82. The first-order chi connectivity index (χ1) is 10.0. The second-order valence-electron chi connectivity index (χ2n) is 5.98. The van der Waals surface area contributed by atoms with Crippen LogP contribution in [0.1, 0.15) is 48.2 Å². The van der Waals surface area contributed by atoms with E-state index in [1.807, 2.05) is 30.0 Å². The lowest BCUT2D eigenvalue weighted by Gasteiger charge is -2.27. The molecule has 112 valence electrons. The number of benzene rings is 1. The minimum Gasteiger partial charge on any atom is -0.384 e. The first-order valence-corrected chi connectivity index (χ1v) is 7.54. The van der Waals surface area contributed by atoms with Gasteiger partial charge in [-0.15, -0.1) is 0 Å². The minimum absolute atomic E-state index is 0.0731. The molecule has 1 amide bonds. The summed E-state index contributed by atoms with van der Waals surface area (Å²) < 4.78 is 0. The smallest absolute Gasteiger partial charge is 0.254 e. The van der Waals surface area contributed by atoms with E-state index in [4.69, 9.17) is 5.11 Å². The number of aryl methyl sites for hydroxylation is 1. The van der Waals surface area contributed by atoms with Gasteiger partial charge in [0.25, 0.3) is 5.91 Å². The molecule has 0 aromatic heterocycles. The predicted molar refractivity (Wildman–Crippen MR) is 84.0 cm³/mol. The molecular formula is C18H23NO2. The van der Waals surface area contributed by atoms with Crippen LogP contribution in [0.4, 0.5) is 0 Å². The quantitative estimate of drug-likeness (QED) is 0.864. The number of hydrogen-bond donors (Lipinski definition) is 1. The number of hydrogen-bond acceptors (Lipinski definition) is 2. The van der Waals surface area contributed by atoms with E-state index in [1.54, 1.807) is 0 Å². The molecule has 0 bridgehead atoms. The zero-order valence-electron chi connectivity index (χ0n) is 13.0. The third-order valence-electron chi connectivity index (χ3n) is 3.82. The molecule has 0 atom stereocenters. The van der Waals surface area contributed by atoms with Gasteiger partial charge in [0.1, 0.15) is 6.61 Å². The van der Waals surface area contributed by atoms with E-state index >= 15 is 0 Å². The van der Waals surface area contributed by atoms with E-state index in [0.717, 1.165) is 17.7 Å². The maximum absolute atomic E-state index is 12.7. The van der Waals surface area contributed by atoms with E-state index in [2.05, 4.69) is 25.7 Å². The first kappa shape index (κ1) is 15.6. The van der Waals surface area contributed by atoms with Crippen molar-refractivity contribution >= 4 is 5.91 Å². The second kappa shape index (κ2) is 6.78. The molecule has 1 aromatic rings. The monoisotopic (exact) mass is 285 g/mol. The summed E-state index contributed by atoms with van der Waals surface area (Å²) in [6, 6.07) is 5.82. The Balaban J connectivity index is 2.24. The van der Waals surface area contributed by atoms with Gasteiger partial charge in [-0.2, -0.15) is 0 Å². The lowest BCUT2D eigenvalue weighted by atomic mass is 10.0. The lowest BCUT2D eigenvalue weighted by molar-refractivity contribution is 0.0696. The van der Waals surface area contributed by atoms with Crippen molar-refractivity contribution in [3.63, 3.8) is 0 Å². The third kappa shape index (κ3) is 4.09. The number of amides is 1. The Kier molecular flexibility index (Phi) is 5.03. The van der Waals surface area contributed by atoms with Crippen LogP contribution >= 0.6 is 0 Å². The molecule has 3 heteroatoms. The molecule has 0 radical (unpaired) electrons. The molecule has 0 aliphatic heterocycles. The number of aliphatic hydroxyl groups is 1. The molecule has 21 heavy (non-hydrogen) atoms. The maximum Gasteiger partial charge on any atom is 0.254 e. The molecule has 1 aliphatic rings. The molecule has 0 unspecified atom stereocenters. The summed E-state index contributed by atoms with van der Waals surface area (Å²) in [6.07, 6.45) is 2.47. The van der Waals surface area contributed by atoms with E-state index < -0.39 is 0 Å². The van der Waals surface area contributed by atoms with E-state index in [9.17, 15) is 4.79 Å². The van der Waals surface area contributed by atoms with E-state index in [0.29, 0.717) is 11.5 Å². The topological polar surface area (TPSA) is 40.5 Å². The Labute approximate surface area is 127 Å². The van der Waals surface area contributed by atoms with Crippen molar-refractivity contribution in [3.8, 4) is 11.8 Å². The normalized spacial score (nSPS) is 13.8. The van der Waals surface area contributed by atoms with Gasteiger partial charge in [0, 0.05) is 23.7 Å². The van der Waals surface area contributed by atoms with Gasteiger partial charge in [0.2, 0.25) is 0 Å². The van der Waals surface area contributed by atoms with Crippen LogP contribution in [0.3, 0.4) is 0 Å². The molecule has 0 saturated heterocycles. The van der Waals surface area contributed by atoms with Crippen molar-refractivity contribution in [2.24, 2.45) is 5.92 Å². The van der Waals surface area contributed by atoms with Crippen molar-refractivity contribution in [1.29, 1.82) is 0 Å². The van der Waals surface area contributed by atoms with Gasteiger partial charge in [-0.3, -0.25) is 4.79 Å². The fourth-order valence-corrected chi connectivity index (χ4v) is 2.30. The molecule has 1 fully saturated rings. The van der Waals surface area contributed by atoms with Gasteiger partial charge in [-0.25, -0.2) is 0 Å². The van der Waals surface area contributed by atoms with Crippen LogP contribution in [-0.4, -0.2) is 35.1 Å². The van der Waals surface area contributed by atoms with Gasteiger partial charge >= 0.3 is 0 Å². The Hall–Kier alpha value is -1.79. The highest BCUT2D eigenvalue weighted by molar-refractivity contribution is 5.95. The van der Waals surface area contributed by atoms with Gasteiger partial charge in [0.05, 0.1) is 0 Å². The second-order valence-corrected chi connectivity index (χ2v) is 5.98. The SMILES string of the molecule is Cc1ccc(C(=O)N(CC2CC2)C(C)C)cc1C#CCO. The molecule has 1 saturated carbocycles. The number of carbonyl (C=O) groups excluding carboxylic acids is 1. The largest absolute Gasteiger partial charge is 0.384 e. The molecular weight excluding hydrogens is 262 g/mol. The summed E-state index contributed by atoms with van der Waals surface area (Å²) >= 11 is 0. The summed E-state index contributed by atoms with van der Waals surface area (Å²) in [5, 5.41) is 8.82. The zero-order valence-corrected chi connectivity index (χ0v) is 13.0. The van der Waals surface area contributed by atoms with Gasteiger partial charge in [0.15, 0.2) is 0 Å². The highest BCUT2D eigenvalue weighted by Crippen LogP contribution is 2.31. The van der Waals surface area contributed by atoms with Crippen molar-refractivity contribution in [1.82, 2.24) is 4.90 Å². The standard InChI is InChI=1S/C18H23NO2/c1-13(2)19(12-15-7-8-15)18(21)17-9-6-14(3)16(11-17)5-4-10-20/h6,9,11,13,15,20H,7-8,10,12H2,1-3H3. The Morgan fingerprint density at radius 3 is 2.71 bits per heavy atom. The summed E-state index contributed by atoms with van der Waals surface area (Å²) in [4.78, 5) is 14.7. The van der Waals surface area contributed by atoms with E-state index in [-0.39, 0.29) is 18.6 Å². The fourth-order valence-electron chi connectivity index (χ4n) is 2.30. The van der Waals surface area contributed by atoms with Crippen molar-refractivity contribution in [3.05, 3.63) is 34.9 Å². The van der Waals surface area contributed by atoms with Crippen LogP contribution in [0, 0.1) is 24.7 Å². The molecule has 1 N–H and O–H groups in total. The molecule has 1 aliphatic carbocycles. The average Bonchev–Trinajstić information content (AvgIpc) is 3.27. The average molecular weight is 285 g/mol.